The van der Waals surface area contributed by atoms with E-state index < -0.39 is 0 Å². The number of anilines is 1. The molecule has 1 aliphatic rings. The Hall–Kier alpha value is -0.870. The van der Waals surface area contributed by atoms with Crippen LogP contribution in [0.4, 0.5) is 5.82 Å². The van der Waals surface area contributed by atoms with Crippen molar-refractivity contribution in [3.8, 4) is 0 Å². The van der Waals surface area contributed by atoms with Crippen molar-refractivity contribution >= 4 is 17.4 Å². The van der Waals surface area contributed by atoms with Crippen LogP contribution in [-0.4, -0.2) is 48.1 Å². The van der Waals surface area contributed by atoms with E-state index in [1.807, 2.05) is 0 Å². The SMILES string of the molecule is CN(C)C1CCN(c2cncc(Cl)n2)CC1. The molecule has 0 saturated carbocycles. The molecule has 1 aromatic heterocycles. The summed E-state index contributed by atoms with van der Waals surface area (Å²) in [7, 11) is 4.28. The van der Waals surface area contributed by atoms with E-state index in [0.717, 1.165) is 18.9 Å². The summed E-state index contributed by atoms with van der Waals surface area (Å²) in [6.07, 6.45) is 5.68. The van der Waals surface area contributed by atoms with Crippen molar-refractivity contribution in [1.29, 1.82) is 0 Å². The Kier molecular flexibility index (Phi) is 3.61. The normalized spacial score (nSPS) is 18.1. The Balaban J connectivity index is 1.99. The third kappa shape index (κ3) is 2.62. The summed E-state index contributed by atoms with van der Waals surface area (Å²) in [5.41, 5.74) is 0. The quantitative estimate of drug-likeness (QED) is 0.787. The molecule has 2 rings (SSSR count). The monoisotopic (exact) mass is 240 g/mol. The zero-order valence-electron chi connectivity index (χ0n) is 9.73. The Morgan fingerprint density at radius 3 is 2.56 bits per heavy atom. The smallest absolute Gasteiger partial charge is 0.149 e. The van der Waals surface area contributed by atoms with Gasteiger partial charge in [0.05, 0.1) is 12.4 Å². The molecule has 2 heterocycles. The second-order valence-electron chi connectivity index (χ2n) is 4.38. The molecule has 0 bridgehead atoms. The van der Waals surface area contributed by atoms with E-state index in [0.29, 0.717) is 11.2 Å². The van der Waals surface area contributed by atoms with Crippen LogP contribution in [0.1, 0.15) is 12.8 Å². The first-order valence-corrected chi connectivity index (χ1v) is 5.93. The zero-order chi connectivity index (χ0) is 11.5. The number of nitrogens with zero attached hydrogens (tertiary/aromatic N) is 4. The maximum atomic E-state index is 5.83. The summed E-state index contributed by atoms with van der Waals surface area (Å²) in [5.74, 6) is 0.893. The maximum Gasteiger partial charge on any atom is 0.149 e. The predicted molar refractivity (Wildman–Crippen MR) is 66.0 cm³/mol. The molecule has 0 spiro atoms. The van der Waals surface area contributed by atoms with Gasteiger partial charge in [0.15, 0.2) is 0 Å². The molecule has 0 radical (unpaired) electrons. The summed E-state index contributed by atoms with van der Waals surface area (Å²) in [5, 5.41) is 0.465. The molecule has 4 nitrogen and oxygen atoms in total. The second kappa shape index (κ2) is 4.97. The lowest BCUT2D eigenvalue weighted by molar-refractivity contribution is 0.249. The fourth-order valence-corrected chi connectivity index (χ4v) is 2.24. The fraction of sp³-hybridized carbons (Fsp3) is 0.636. The summed E-state index contributed by atoms with van der Waals surface area (Å²) in [6, 6.07) is 0.684. The van der Waals surface area contributed by atoms with Crippen LogP contribution in [0.3, 0.4) is 0 Å². The van der Waals surface area contributed by atoms with Crippen LogP contribution in [-0.2, 0) is 0 Å². The van der Waals surface area contributed by atoms with Gasteiger partial charge >= 0.3 is 0 Å². The molecule has 0 N–H and O–H groups in total. The van der Waals surface area contributed by atoms with Crippen LogP contribution >= 0.6 is 11.6 Å². The molecule has 0 unspecified atom stereocenters. The van der Waals surface area contributed by atoms with Gasteiger partial charge in [-0.15, -0.1) is 0 Å². The second-order valence-corrected chi connectivity index (χ2v) is 4.77. The Morgan fingerprint density at radius 2 is 2.00 bits per heavy atom. The Morgan fingerprint density at radius 1 is 1.31 bits per heavy atom. The van der Waals surface area contributed by atoms with Gasteiger partial charge in [0.25, 0.3) is 0 Å². The van der Waals surface area contributed by atoms with Crippen LogP contribution in [0.15, 0.2) is 12.4 Å². The molecule has 16 heavy (non-hydrogen) atoms. The van der Waals surface area contributed by atoms with Gasteiger partial charge in [0.2, 0.25) is 0 Å². The highest BCUT2D eigenvalue weighted by molar-refractivity contribution is 6.29. The lowest BCUT2D eigenvalue weighted by atomic mass is 10.0. The highest BCUT2D eigenvalue weighted by atomic mass is 35.5. The number of aromatic nitrogens is 2. The molecule has 0 aliphatic carbocycles. The molecular weight excluding hydrogens is 224 g/mol. The van der Waals surface area contributed by atoms with E-state index in [2.05, 4.69) is 33.9 Å². The van der Waals surface area contributed by atoms with Crippen molar-refractivity contribution in [2.45, 2.75) is 18.9 Å². The molecule has 5 heteroatoms. The van der Waals surface area contributed by atoms with Crippen LogP contribution in [0.2, 0.25) is 5.15 Å². The topological polar surface area (TPSA) is 32.3 Å². The minimum absolute atomic E-state index is 0.465. The number of hydrogen-bond donors (Lipinski definition) is 0. The highest BCUT2D eigenvalue weighted by Gasteiger charge is 2.21. The average molecular weight is 241 g/mol. The summed E-state index contributed by atoms with van der Waals surface area (Å²) >= 11 is 5.83. The summed E-state index contributed by atoms with van der Waals surface area (Å²) in [4.78, 5) is 12.9. The molecular formula is C11H17ClN4. The van der Waals surface area contributed by atoms with Crippen LogP contribution in [0.5, 0.6) is 0 Å². The van der Waals surface area contributed by atoms with Crippen molar-refractivity contribution in [2.24, 2.45) is 0 Å². The zero-order valence-corrected chi connectivity index (χ0v) is 10.5. The van der Waals surface area contributed by atoms with E-state index in [1.54, 1.807) is 12.4 Å². The van der Waals surface area contributed by atoms with E-state index in [-0.39, 0.29) is 0 Å². The number of halogens is 1. The largest absolute Gasteiger partial charge is 0.355 e. The lowest BCUT2D eigenvalue weighted by Crippen LogP contribution is -2.42. The first-order chi connectivity index (χ1) is 7.66. The average Bonchev–Trinajstić information content (AvgIpc) is 2.29. The molecule has 1 saturated heterocycles. The minimum Gasteiger partial charge on any atom is -0.355 e. The van der Waals surface area contributed by atoms with Gasteiger partial charge < -0.3 is 9.80 Å². The molecule has 1 fully saturated rings. The maximum absolute atomic E-state index is 5.83. The first-order valence-electron chi connectivity index (χ1n) is 5.56. The first kappa shape index (κ1) is 11.6. The molecule has 88 valence electrons. The van der Waals surface area contributed by atoms with Crippen LogP contribution in [0, 0.1) is 0 Å². The predicted octanol–water partition coefficient (Wildman–Crippen LogP) is 1.66. The summed E-state index contributed by atoms with van der Waals surface area (Å²) < 4.78 is 0. The third-order valence-electron chi connectivity index (χ3n) is 3.11. The Bertz CT molecular complexity index is 348. The summed E-state index contributed by atoms with van der Waals surface area (Å²) in [6.45, 7) is 2.05. The van der Waals surface area contributed by atoms with Crippen LogP contribution < -0.4 is 4.90 Å². The molecule has 1 aromatic rings. The van der Waals surface area contributed by atoms with Crippen molar-refractivity contribution in [3.63, 3.8) is 0 Å². The van der Waals surface area contributed by atoms with E-state index in [4.69, 9.17) is 11.6 Å². The number of hydrogen-bond acceptors (Lipinski definition) is 4. The van der Waals surface area contributed by atoms with Crippen molar-refractivity contribution in [1.82, 2.24) is 14.9 Å². The molecule has 0 atom stereocenters. The molecule has 0 aromatic carbocycles. The van der Waals surface area contributed by atoms with Gasteiger partial charge in [0.1, 0.15) is 11.0 Å². The van der Waals surface area contributed by atoms with Crippen molar-refractivity contribution < 1.29 is 0 Å². The fourth-order valence-electron chi connectivity index (χ4n) is 2.10. The van der Waals surface area contributed by atoms with Crippen molar-refractivity contribution in [3.05, 3.63) is 17.5 Å². The van der Waals surface area contributed by atoms with Gasteiger partial charge in [-0.1, -0.05) is 11.6 Å². The van der Waals surface area contributed by atoms with Crippen LogP contribution in [0.25, 0.3) is 0 Å². The van der Waals surface area contributed by atoms with E-state index in [1.165, 1.54) is 12.8 Å². The third-order valence-corrected chi connectivity index (χ3v) is 3.29. The standard InChI is InChI=1S/C11H17ClN4/c1-15(2)9-3-5-16(6-4-9)11-8-13-7-10(12)14-11/h7-9H,3-6H2,1-2H3. The highest BCUT2D eigenvalue weighted by Crippen LogP contribution is 2.20. The Labute approximate surface area is 101 Å². The van der Waals surface area contributed by atoms with E-state index in [9.17, 15) is 0 Å². The van der Waals surface area contributed by atoms with Gasteiger partial charge in [-0.2, -0.15) is 0 Å². The lowest BCUT2D eigenvalue weighted by Gasteiger charge is -2.35. The van der Waals surface area contributed by atoms with Gasteiger partial charge in [-0.05, 0) is 26.9 Å². The minimum atomic E-state index is 0.465. The number of rotatable bonds is 2. The molecule has 1 aliphatic heterocycles. The van der Waals surface area contributed by atoms with Gasteiger partial charge in [-0.25, -0.2) is 4.98 Å². The van der Waals surface area contributed by atoms with Crippen molar-refractivity contribution in [2.75, 3.05) is 32.1 Å². The van der Waals surface area contributed by atoms with Gasteiger partial charge in [0, 0.05) is 19.1 Å². The van der Waals surface area contributed by atoms with Gasteiger partial charge in [-0.3, -0.25) is 4.98 Å². The van der Waals surface area contributed by atoms with E-state index >= 15 is 0 Å². The number of piperidine rings is 1. The molecule has 0 amide bonds.